The molecule has 0 aromatic carbocycles. The molecule has 0 aliphatic carbocycles. The molecule has 11 heteroatoms. The van der Waals surface area contributed by atoms with E-state index in [1.165, 1.54) is 96.3 Å². The molecule has 1 aliphatic rings. The molecule has 280 valence electrons. The first-order chi connectivity index (χ1) is 24.1. The molecule has 0 spiro atoms. The molecule has 1 aromatic rings. The van der Waals surface area contributed by atoms with Crippen molar-refractivity contribution >= 4 is 23.0 Å². The molecule has 1 aliphatic heterocycles. The second kappa shape index (κ2) is 30.5. The minimum Gasteiger partial charge on any atom is -0.481 e. The van der Waals surface area contributed by atoms with Crippen LogP contribution in [0.2, 0.25) is 0 Å². The van der Waals surface area contributed by atoms with Gasteiger partial charge in [-0.3, -0.25) is 9.00 Å². The predicted octanol–water partition coefficient (Wildman–Crippen LogP) is 7.74. The molecule has 2 rings (SSSR count). The summed E-state index contributed by atoms with van der Waals surface area (Å²) in [6.45, 7) is 5.78. The molecule has 0 bridgehead atoms. The highest BCUT2D eigenvalue weighted by Crippen LogP contribution is 2.14. The van der Waals surface area contributed by atoms with Crippen LogP contribution in [0, 0.1) is 0 Å². The molecule has 1 N–H and O–H groups in total. The molecule has 0 saturated carbocycles. The Bertz CT molecular complexity index is 1030. The lowest BCUT2D eigenvalue weighted by atomic mass is 10.0. The molecular weight excluding hydrogens is 641 g/mol. The first-order valence-electron chi connectivity index (χ1n) is 19.2. The summed E-state index contributed by atoms with van der Waals surface area (Å²) < 4.78 is 32.7. The van der Waals surface area contributed by atoms with Crippen LogP contribution in [-0.2, 0) is 25.1 Å². The Morgan fingerprint density at radius 1 is 0.878 bits per heavy atom. The van der Waals surface area contributed by atoms with Gasteiger partial charge in [0.1, 0.15) is 12.3 Å². The molecule has 0 amide bonds. The van der Waals surface area contributed by atoms with Crippen LogP contribution in [0.15, 0.2) is 30.9 Å². The first kappa shape index (κ1) is 42.8. The van der Waals surface area contributed by atoms with E-state index in [4.69, 9.17) is 19.3 Å². The van der Waals surface area contributed by atoms with Crippen LogP contribution < -0.4 is 4.74 Å². The van der Waals surface area contributed by atoms with Gasteiger partial charge in [0.2, 0.25) is 6.67 Å². The van der Waals surface area contributed by atoms with E-state index in [0.717, 1.165) is 32.5 Å². The summed E-state index contributed by atoms with van der Waals surface area (Å²) in [7, 11) is -1.13. The number of aliphatic carboxylic acids is 1. The molecule has 0 fully saturated rings. The number of carbonyl (C=O) groups is 1. The zero-order valence-corrected chi connectivity index (χ0v) is 31.3. The van der Waals surface area contributed by atoms with Crippen LogP contribution in [0.25, 0.3) is 0 Å². The number of aromatic nitrogens is 2. The number of ether oxygens (including phenoxy) is 3. The Morgan fingerprint density at radius 2 is 1.51 bits per heavy atom. The summed E-state index contributed by atoms with van der Waals surface area (Å²) in [6, 6.07) is 2.02. The Hall–Kier alpha value is -2.37. The topological polar surface area (TPSA) is 114 Å². The molecule has 2 atom stereocenters. The smallest absolute Gasteiger partial charge is 0.316 e. The van der Waals surface area contributed by atoms with Crippen LogP contribution in [0.4, 0.5) is 0 Å². The van der Waals surface area contributed by atoms with E-state index < -0.39 is 16.8 Å². The average molecular weight is 708 g/mol. The molecule has 0 radical (unpaired) electrons. The quantitative estimate of drug-likeness (QED) is 0.0568. The van der Waals surface area contributed by atoms with Gasteiger partial charge in [0.15, 0.2) is 6.20 Å². The molecule has 2 unspecified atom stereocenters. The maximum Gasteiger partial charge on any atom is 0.316 e. The fourth-order valence-electron chi connectivity index (χ4n) is 5.73. The number of rotatable bonds is 34. The largest absolute Gasteiger partial charge is 0.481 e. The molecule has 2 heterocycles. The lowest BCUT2D eigenvalue weighted by Crippen LogP contribution is -2.31. The van der Waals surface area contributed by atoms with Crippen molar-refractivity contribution in [2.45, 2.75) is 141 Å². The summed E-state index contributed by atoms with van der Waals surface area (Å²) in [5.74, 6) is 0.0314. The number of carboxylic acids is 1. The summed E-state index contributed by atoms with van der Waals surface area (Å²) >= 11 is 0. The highest BCUT2D eigenvalue weighted by atomic mass is 32.2. The standard InChI is InChI=1S/C38H66N4O6S/c1-2-3-4-5-6-7-8-9-10-11-12-13-14-15-16-20-29-47-33-36(48-38-39-23-21-24-40-38)34-49(45)32-31-46-30-28-42-27-26-41(35-42)25-19-17-18-22-37(43)44/h21,23-27,36H,2-20,22,28-35H2,1H3/p+1. The van der Waals surface area contributed by atoms with Crippen molar-refractivity contribution in [1.82, 2.24) is 14.9 Å². The van der Waals surface area contributed by atoms with Crippen LogP contribution in [0.5, 0.6) is 6.01 Å². The van der Waals surface area contributed by atoms with Gasteiger partial charge in [-0.1, -0.05) is 103 Å². The number of nitrogens with zero attached hydrogens (tertiary/aromatic N) is 4. The van der Waals surface area contributed by atoms with Crippen molar-refractivity contribution in [1.29, 1.82) is 0 Å². The van der Waals surface area contributed by atoms with Crippen LogP contribution in [0.1, 0.15) is 135 Å². The summed E-state index contributed by atoms with van der Waals surface area (Å²) in [6.07, 6.45) is 33.2. The minimum atomic E-state index is -1.13. The minimum absolute atomic E-state index is 0.223. The lowest BCUT2D eigenvalue weighted by Gasteiger charge is -2.18. The number of unbranched alkanes of at least 4 members (excludes halogenated alkanes) is 17. The molecular formula is C38H67N4O6S+. The monoisotopic (exact) mass is 707 g/mol. The third-order valence-electron chi connectivity index (χ3n) is 8.63. The van der Waals surface area contributed by atoms with Gasteiger partial charge in [-0.2, -0.15) is 4.58 Å². The maximum atomic E-state index is 12.9. The van der Waals surface area contributed by atoms with Gasteiger partial charge >= 0.3 is 12.0 Å². The Labute approximate surface area is 299 Å². The van der Waals surface area contributed by atoms with Gasteiger partial charge in [-0.15, -0.1) is 0 Å². The van der Waals surface area contributed by atoms with Crippen LogP contribution >= 0.6 is 0 Å². The Balaban J connectivity index is 1.49. The summed E-state index contributed by atoms with van der Waals surface area (Å²) in [5.41, 5.74) is 0. The highest BCUT2D eigenvalue weighted by molar-refractivity contribution is 7.85. The Kier molecular flexibility index (Phi) is 26.6. The van der Waals surface area contributed by atoms with E-state index in [0.29, 0.717) is 44.4 Å². The van der Waals surface area contributed by atoms with Crippen LogP contribution in [-0.4, -0.2) is 98.2 Å². The van der Waals surface area contributed by atoms with E-state index in [2.05, 4.69) is 32.6 Å². The van der Waals surface area contributed by atoms with Crippen molar-refractivity contribution in [2.24, 2.45) is 0 Å². The van der Waals surface area contributed by atoms with Crippen molar-refractivity contribution in [2.75, 3.05) is 51.1 Å². The van der Waals surface area contributed by atoms with E-state index >= 15 is 0 Å². The van der Waals surface area contributed by atoms with Gasteiger partial charge in [-0.25, -0.2) is 9.97 Å². The molecule has 10 nitrogen and oxygen atoms in total. The number of carboxylic acid groups (broad SMARTS) is 1. The average Bonchev–Trinajstić information content (AvgIpc) is 3.55. The second-order valence-corrected chi connectivity index (χ2v) is 14.8. The molecule has 49 heavy (non-hydrogen) atoms. The van der Waals surface area contributed by atoms with Gasteiger partial charge in [0.25, 0.3) is 0 Å². The van der Waals surface area contributed by atoms with E-state index in [9.17, 15) is 9.00 Å². The van der Waals surface area contributed by atoms with Crippen LogP contribution in [0.3, 0.4) is 0 Å². The van der Waals surface area contributed by atoms with Gasteiger partial charge in [0, 0.05) is 54.9 Å². The van der Waals surface area contributed by atoms with E-state index in [-0.39, 0.29) is 18.5 Å². The normalized spacial score (nSPS) is 14.9. The van der Waals surface area contributed by atoms with Gasteiger partial charge in [0.05, 0.1) is 31.8 Å². The van der Waals surface area contributed by atoms with Crippen molar-refractivity contribution in [3.8, 4) is 6.01 Å². The van der Waals surface area contributed by atoms with Crippen molar-refractivity contribution in [3.63, 3.8) is 0 Å². The van der Waals surface area contributed by atoms with E-state index in [1.807, 2.05) is 12.4 Å². The second-order valence-electron chi connectivity index (χ2n) is 13.2. The molecule has 0 saturated heterocycles. The summed E-state index contributed by atoms with van der Waals surface area (Å²) in [5, 5.41) is 8.74. The predicted molar refractivity (Wildman–Crippen MR) is 199 cm³/mol. The Morgan fingerprint density at radius 3 is 2.14 bits per heavy atom. The third-order valence-corrected chi connectivity index (χ3v) is 10.00. The van der Waals surface area contributed by atoms with Gasteiger partial charge < -0.3 is 24.2 Å². The fraction of sp³-hybridized carbons (Fsp3) is 0.789. The SMILES string of the molecule is CCCCCCCCCCCCCCCCCCOCC(CS(=O)CCOCCN1C=C[N+](=CCCCCC(=O)O)C1)Oc1ncccn1. The number of hydrogen-bond acceptors (Lipinski definition) is 8. The lowest BCUT2D eigenvalue weighted by molar-refractivity contribution is -0.460. The zero-order chi connectivity index (χ0) is 35.0. The van der Waals surface area contributed by atoms with Crippen molar-refractivity contribution in [3.05, 3.63) is 30.9 Å². The van der Waals surface area contributed by atoms with E-state index in [1.54, 1.807) is 18.5 Å². The third kappa shape index (κ3) is 25.3. The maximum absolute atomic E-state index is 12.9. The number of hydrogen-bond donors (Lipinski definition) is 1. The summed E-state index contributed by atoms with van der Waals surface area (Å²) in [4.78, 5) is 21.1. The highest BCUT2D eigenvalue weighted by Gasteiger charge is 2.18. The molecule has 1 aromatic heterocycles. The van der Waals surface area contributed by atoms with Gasteiger partial charge in [-0.05, 0) is 25.3 Å². The van der Waals surface area contributed by atoms with Crippen molar-refractivity contribution < 1.29 is 32.9 Å². The first-order valence-corrected chi connectivity index (χ1v) is 20.7. The zero-order valence-electron chi connectivity index (χ0n) is 30.5. The fourth-order valence-corrected chi connectivity index (χ4v) is 6.78.